The minimum absolute atomic E-state index is 0.224. The molecule has 1 aromatic rings. The maximum absolute atomic E-state index is 12.5. The van der Waals surface area contributed by atoms with Crippen LogP contribution in [-0.4, -0.2) is 18.1 Å². The molecule has 0 bridgehead atoms. The van der Waals surface area contributed by atoms with Crippen LogP contribution < -0.4 is 10.6 Å². The average Bonchev–Trinajstić information content (AvgIpc) is 2.18. The largest absolute Gasteiger partial charge is 0.417 e. The number of halogens is 5. The summed E-state index contributed by atoms with van der Waals surface area (Å²) in [4.78, 5) is 11.3. The predicted octanol–water partition coefficient (Wildman–Crippen LogP) is 3.51. The zero-order valence-corrected chi connectivity index (χ0v) is 11.2. The molecule has 0 aromatic heterocycles. The second-order valence-corrected chi connectivity index (χ2v) is 5.13. The van der Waals surface area contributed by atoms with E-state index in [0.717, 1.165) is 0 Å². The molecule has 2 rings (SSSR count). The van der Waals surface area contributed by atoms with E-state index in [1.165, 1.54) is 12.1 Å². The fourth-order valence-electron chi connectivity index (χ4n) is 1.43. The first-order valence-electron chi connectivity index (χ1n) is 4.42. The van der Waals surface area contributed by atoms with E-state index in [2.05, 4.69) is 42.5 Å². The van der Waals surface area contributed by atoms with Crippen molar-refractivity contribution in [2.75, 3.05) is 10.6 Å². The summed E-state index contributed by atoms with van der Waals surface area (Å²) >= 11 is 6.38. The number of alkyl halides is 3. The quantitative estimate of drug-likeness (QED) is 0.730. The summed E-state index contributed by atoms with van der Waals surface area (Å²) < 4.78 is 38.8. The lowest BCUT2D eigenvalue weighted by Gasteiger charge is -2.28. The molecule has 0 unspecified atom stereocenters. The van der Waals surface area contributed by atoms with Crippen LogP contribution in [0.15, 0.2) is 21.1 Å². The number of nitrogens with one attached hydrogen (secondary N) is 2. The van der Waals surface area contributed by atoms with Crippen LogP contribution in [0.25, 0.3) is 0 Å². The maximum Gasteiger partial charge on any atom is 0.417 e. The van der Waals surface area contributed by atoms with Gasteiger partial charge in [-0.2, -0.15) is 13.2 Å². The van der Waals surface area contributed by atoms with Crippen LogP contribution >= 0.6 is 31.9 Å². The molecule has 0 spiro atoms. The van der Waals surface area contributed by atoms with Crippen molar-refractivity contribution in [1.82, 2.24) is 0 Å². The van der Waals surface area contributed by atoms with Crippen molar-refractivity contribution >= 4 is 49.1 Å². The van der Waals surface area contributed by atoms with E-state index in [9.17, 15) is 18.0 Å². The SMILES string of the molecule is O=C1Nc2cc(Br)c(Br)cc2N[C@H]1C(F)(F)F. The molecule has 1 aliphatic heterocycles. The molecule has 1 aromatic carbocycles. The summed E-state index contributed by atoms with van der Waals surface area (Å²) in [5, 5.41) is 4.38. The third-order valence-electron chi connectivity index (χ3n) is 2.21. The van der Waals surface area contributed by atoms with Crippen molar-refractivity contribution in [3.8, 4) is 0 Å². The molecule has 1 heterocycles. The zero-order chi connectivity index (χ0) is 12.8. The van der Waals surface area contributed by atoms with Gasteiger partial charge in [0.2, 0.25) is 6.04 Å². The van der Waals surface area contributed by atoms with Crippen LogP contribution in [0.1, 0.15) is 0 Å². The molecule has 0 saturated heterocycles. The molecule has 92 valence electrons. The lowest BCUT2D eigenvalue weighted by atomic mass is 10.1. The van der Waals surface area contributed by atoms with Crippen LogP contribution in [0.4, 0.5) is 24.5 Å². The monoisotopic (exact) mass is 372 g/mol. The van der Waals surface area contributed by atoms with Crippen molar-refractivity contribution in [2.24, 2.45) is 0 Å². The number of carbonyl (C=O) groups excluding carboxylic acids is 1. The van der Waals surface area contributed by atoms with Gasteiger partial charge < -0.3 is 10.6 Å². The second kappa shape index (κ2) is 4.16. The topological polar surface area (TPSA) is 41.1 Å². The first-order valence-corrected chi connectivity index (χ1v) is 6.01. The van der Waals surface area contributed by atoms with Gasteiger partial charge in [-0.25, -0.2) is 0 Å². The first-order chi connectivity index (χ1) is 7.79. The number of carbonyl (C=O) groups is 1. The van der Waals surface area contributed by atoms with E-state index in [0.29, 0.717) is 14.6 Å². The molecule has 1 atom stereocenters. The third kappa shape index (κ3) is 2.42. The second-order valence-electron chi connectivity index (χ2n) is 3.42. The van der Waals surface area contributed by atoms with Gasteiger partial charge in [0.15, 0.2) is 0 Å². The molecule has 1 amide bonds. The van der Waals surface area contributed by atoms with E-state index in [4.69, 9.17) is 0 Å². The van der Waals surface area contributed by atoms with Crippen molar-refractivity contribution < 1.29 is 18.0 Å². The summed E-state index contributed by atoms with van der Waals surface area (Å²) in [7, 11) is 0. The molecule has 0 radical (unpaired) electrons. The number of hydrogen-bond donors (Lipinski definition) is 2. The van der Waals surface area contributed by atoms with Gasteiger partial charge in [0.25, 0.3) is 5.91 Å². The van der Waals surface area contributed by atoms with Crippen molar-refractivity contribution in [2.45, 2.75) is 12.2 Å². The highest BCUT2D eigenvalue weighted by Crippen LogP contribution is 2.37. The number of rotatable bonds is 0. The van der Waals surface area contributed by atoms with Gasteiger partial charge >= 0.3 is 6.18 Å². The Morgan fingerprint density at radius 1 is 1.12 bits per heavy atom. The lowest BCUT2D eigenvalue weighted by molar-refractivity contribution is -0.156. The molecule has 1 aliphatic rings. The molecule has 2 N–H and O–H groups in total. The summed E-state index contributed by atoms with van der Waals surface area (Å²) in [6.07, 6.45) is -4.62. The molecular weight excluding hydrogens is 369 g/mol. The average molecular weight is 374 g/mol. The van der Waals surface area contributed by atoms with Crippen molar-refractivity contribution in [3.05, 3.63) is 21.1 Å². The van der Waals surface area contributed by atoms with E-state index in [1.54, 1.807) is 0 Å². The normalized spacial score (nSPS) is 19.4. The minimum Gasteiger partial charge on any atom is -0.365 e. The molecular formula is C9H5Br2F3N2O. The highest BCUT2D eigenvalue weighted by atomic mass is 79.9. The molecule has 3 nitrogen and oxygen atoms in total. The van der Waals surface area contributed by atoms with Gasteiger partial charge in [0, 0.05) is 8.95 Å². The van der Waals surface area contributed by atoms with Gasteiger partial charge in [-0.15, -0.1) is 0 Å². The van der Waals surface area contributed by atoms with Gasteiger partial charge in [0.05, 0.1) is 11.4 Å². The van der Waals surface area contributed by atoms with Gasteiger partial charge in [-0.3, -0.25) is 4.79 Å². The Bertz CT molecular complexity index is 490. The van der Waals surface area contributed by atoms with Gasteiger partial charge in [0.1, 0.15) is 0 Å². The first kappa shape index (κ1) is 12.7. The van der Waals surface area contributed by atoms with Crippen LogP contribution in [0.2, 0.25) is 0 Å². The Balaban J connectivity index is 2.41. The van der Waals surface area contributed by atoms with Crippen LogP contribution in [0, 0.1) is 0 Å². The number of fused-ring (bicyclic) bond motifs is 1. The third-order valence-corrected chi connectivity index (χ3v) is 4.05. The fraction of sp³-hybridized carbons (Fsp3) is 0.222. The zero-order valence-electron chi connectivity index (χ0n) is 8.03. The van der Waals surface area contributed by atoms with E-state index < -0.39 is 18.1 Å². The number of hydrogen-bond acceptors (Lipinski definition) is 2. The number of benzene rings is 1. The highest BCUT2D eigenvalue weighted by molar-refractivity contribution is 9.13. The Morgan fingerprint density at radius 2 is 1.65 bits per heavy atom. The molecule has 0 fully saturated rings. The van der Waals surface area contributed by atoms with Gasteiger partial charge in [-0.1, -0.05) is 0 Å². The van der Waals surface area contributed by atoms with Crippen LogP contribution in [0.3, 0.4) is 0 Å². The standard InChI is InChI=1S/C9H5Br2F3N2O/c10-3-1-5-6(2-4(3)11)16-8(17)7(15-5)9(12,13)14/h1-2,7,15H,(H,16,17)/t7-/m1/s1. The molecule has 0 aliphatic carbocycles. The maximum atomic E-state index is 12.5. The van der Waals surface area contributed by atoms with Crippen LogP contribution in [0.5, 0.6) is 0 Å². The summed E-state index contributed by atoms with van der Waals surface area (Å²) in [5.74, 6) is -1.11. The van der Waals surface area contributed by atoms with Crippen molar-refractivity contribution in [3.63, 3.8) is 0 Å². The Labute approximate surface area is 111 Å². The Hall–Kier alpha value is -0.760. The summed E-state index contributed by atoms with van der Waals surface area (Å²) in [5.41, 5.74) is 0.535. The lowest BCUT2D eigenvalue weighted by Crippen LogP contribution is -2.48. The minimum atomic E-state index is -4.62. The Morgan fingerprint density at radius 3 is 2.18 bits per heavy atom. The summed E-state index contributed by atoms with van der Waals surface area (Å²) in [6, 6.07) is 0.775. The smallest absolute Gasteiger partial charge is 0.365 e. The Kier molecular flexibility index (Phi) is 3.11. The fourth-order valence-corrected chi connectivity index (χ4v) is 2.11. The molecule has 0 saturated carbocycles. The van der Waals surface area contributed by atoms with E-state index in [-0.39, 0.29) is 5.69 Å². The molecule has 8 heteroatoms. The summed E-state index contributed by atoms with van der Waals surface area (Å²) in [6.45, 7) is 0. The highest BCUT2D eigenvalue weighted by Gasteiger charge is 2.47. The van der Waals surface area contributed by atoms with E-state index >= 15 is 0 Å². The number of amides is 1. The van der Waals surface area contributed by atoms with E-state index in [1.807, 2.05) is 0 Å². The molecule has 17 heavy (non-hydrogen) atoms. The van der Waals surface area contributed by atoms with Crippen LogP contribution in [-0.2, 0) is 4.79 Å². The van der Waals surface area contributed by atoms with Gasteiger partial charge in [-0.05, 0) is 44.0 Å². The van der Waals surface area contributed by atoms with Crippen molar-refractivity contribution in [1.29, 1.82) is 0 Å². The predicted molar refractivity (Wildman–Crippen MR) is 63.9 cm³/mol. The number of anilines is 2.